The number of nitro groups is 1. The maximum atomic E-state index is 10.6. The maximum absolute atomic E-state index is 10.6. The van der Waals surface area contributed by atoms with Gasteiger partial charge >= 0.3 is 0 Å². The van der Waals surface area contributed by atoms with Crippen molar-refractivity contribution in [2.24, 2.45) is 5.92 Å². The molecule has 2 unspecified atom stereocenters. The molecule has 88 valence electrons. The van der Waals surface area contributed by atoms with Crippen LogP contribution in [0.3, 0.4) is 0 Å². The zero-order valence-corrected chi connectivity index (χ0v) is 9.62. The van der Waals surface area contributed by atoms with Crippen LogP contribution >= 0.6 is 0 Å². The highest BCUT2D eigenvalue weighted by Gasteiger charge is 2.24. The lowest BCUT2D eigenvalue weighted by Crippen LogP contribution is -2.21. The Morgan fingerprint density at radius 2 is 2.06 bits per heavy atom. The molecule has 2 atom stereocenters. The van der Waals surface area contributed by atoms with Crippen molar-refractivity contribution in [3.8, 4) is 0 Å². The minimum Gasteiger partial charge on any atom is -0.393 e. The molecular weight excluding hydrogens is 208 g/mol. The predicted molar refractivity (Wildman–Crippen MR) is 60.2 cm³/mol. The first kappa shape index (κ1) is 12.6. The van der Waals surface area contributed by atoms with Gasteiger partial charge in [-0.25, -0.2) is 0 Å². The highest BCUT2D eigenvalue weighted by molar-refractivity contribution is 5.31. The standard InChI is InChI=1S/C11H16N2O3/c1-7(2)11(8(3)14)10-6-9(13(15)16)4-5-12-10/h4-8,11,14H,1-3H3. The Hall–Kier alpha value is -1.49. The third-order valence-electron chi connectivity index (χ3n) is 2.55. The van der Waals surface area contributed by atoms with Crippen LogP contribution in [-0.2, 0) is 0 Å². The van der Waals surface area contributed by atoms with Crippen LogP contribution in [-0.4, -0.2) is 21.1 Å². The molecule has 16 heavy (non-hydrogen) atoms. The quantitative estimate of drug-likeness (QED) is 0.627. The average molecular weight is 224 g/mol. The molecule has 1 aromatic heterocycles. The summed E-state index contributed by atoms with van der Waals surface area (Å²) in [7, 11) is 0. The molecule has 0 saturated heterocycles. The molecule has 0 spiro atoms. The Kier molecular flexibility index (Phi) is 3.95. The molecule has 0 amide bonds. The van der Waals surface area contributed by atoms with Gasteiger partial charge in [-0.05, 0) is 12.8 Å². The molecule has 0 aliphatic heterocycles. The van der Waals surface area contributed by atoms with E-state index in [9.17, 15) is 15.2 Å². The lowest BCUT2D eigenvalue weighted by atomic mass is 9.87. The summed E-state index contributed by atoms with van der Waals surface area (Å²) in [5.74, 6) is -0.00518. The number of aliphatic hydroxyl groups is 1. The number of aromatic nitrogens is 1. The Labute approximate surface area is 94.3 Å². The molecule has 0 aliphatic rings. The Morgan fingerprint density at radius 1 is 1.44 bits per heavy atom. The van der Waals surface area contributed by atoms with Gasteiger partial charge in [-0.15, -0.1) is 0 Å². The number of rotatable bonds is 4. The van der Waals surface area contributed by atoms with Crippen LogP contribution in [0, 0.1) is 16.0 Å². The molecule has 0 aliphatic carbocycles. The van der Waals surface area contributed by atoms with Gasteiger partial charge in [-0.3, -0.25) is 15.1 Å². The van der Waals surface area contributed by atoms with E-state index in [-0.39, 0.29) is 17.5 Å². The van der Waals surface area contributed by atoms with E-state index in [4.69, 9.17) is 0 Å². The summed E-state index contributed by atoms with van der Waals surface area (Å²) in [5, 5.41) is 20.3. The topological polar surface area (TPSA) is 76.3 Å². The van der Waals surface area contributed by atoms with E-state index in [1.165, 1.54) is 18.3 Å². The van der Waals surface area contributed by atoms with Crippen molar-refractivity contribution in [2.45, 2.75) is 32.8 Å². The largest absolute Gasteiger partial charge is 0.393 e. The summed E-state index contributed by atoms with van der Waals surface area (Å²) in [6.45, 7) is 5.58. The first-order chi connectivity index (χ1) is 7.43. The van der Waals surface area contributed by atoms with Crippen molar-refractivity contribution in [3.63, 3.8) is 0 Å². The van der Waals surface area contributed by atoms with Crippen LogP contribution in [0.15, 0.2) is 18.3 Å². The van der Waals surface area contributed by atoms with Crippen molar-refractivity contribution in [1.82, 2.24) is 4.98 Å². The van der Waals surface area contributed by atoms with Crippen LogP contribution in [0.1, 0.15) is 32.4 Å². The fourth-order valence-electron chi connectivity index (χ4n) is 1.88. The van der Waals surface area contributed by atoms with E-state index in [1.54, 1.807) is 6.92 Å². The third-order valence-corrected chi connectivity index (χ3v) is 2.55. The third kappa shape index (κ3) is 2.76. The van der Waals surface area contributed by atoms with Crippen molar-refractivity contribution in [2.75, 3.05) is 0 Å². The zero-order valence-electron chi connectivity index (χ0n) is 9.62. The van der Waals surface area contributed by atoms with E-state index in [0.717, 1.165) is 0 Å². The number of hydrogen-bond donors (Lipinski definition) is 1. The van der Waals surface area contributed by atoms with Gasteiger partial charge in [0.15, 0.2) is 0 Å². The maximum Gasteiger partial charge on any atom is 0.272 e. The highest BCUT2D eigenvalue weighted by atomic mass is 16.6. The lowest BCUT2D eigenvalue weighted by molar-refractivity contribution is -0.385. The first-order valence-corrected chi connectivity index (χ1v) is 5.22. The van der Waals surface area contributed by atoms with Gasteiger partial charge in [0, 0.05) is 24.2 Å². The summed E-state index contributed by atoms with van der Waals surface area (Å²) >= 11 is 0. The summed E-state index contributed by atoms with van der Waals surface area (Å²) in [6, 6.07) is 2.78. The smallest absolute Gasteiger partial charge is 0.272 e. The highest BCUT2D eigenvalue weighted by Crippen LogP contribution is 2.28. The van der Waals surface area contributed by atoms with Gasteiger partial charge in [-0.2, -0.15) is 0 Å². The zero-order chi connectivity index (χ0) is 12.3. The number of pyridine rings is 1. The Bertz CT molecular complexity index is 369. The summed E-state index contributed by atoms with van der Waals surface area (Å²) in [5.41, 5.74) is 0.579. The van der Waals surface area contributed by atoms with Crippen LogP contribution in [0.25, 0.3) is 0 Å². The average Bonchev–Trinajstić information content (AvgIpc) is 2.16. The Morgan fingerprint density at radius 3 is 2.50 bits per heavy atom. The number of aliphatic hydroxyl groups excluding tert-OH is 1. The van der Waals surface area contributed by atoms with Gasteiger partial charge in [-0.1, -0.05) is 13.8 Å². The van der Waals surface area contributed by atoms with Gasteiger partial charge in [0.2, 0.25) is 0 Å². The fraction of sp³-hybridized carbons (Fsp3) is 0.545. The fourth-order valence-corrected chi connectivity index (χ4v) is 1.88. The normalized spacial score (nSPS) is 14.8. The molecule has 1 N–H and O–H groups in total. The second-order valence-electron chi connectivity index (χ2n) is 4.21. The number of hydrogen-bond acceptors (Lipinski definition) is 4. The molecule has 1 heterocycles. The molecule has 0 fully saturated rings. The van der Waals surface area contributed by atoms with Crippen LogP contribution < -0.4 is 0 Å². The lowest BCUT2D eigenvalue weighted by Gasteiger charge is -2.22. The summed E-state index contributed by atoms with van der Waals surface area (Å²) < 4.78 is 0. The van der Waals surface area contributed by atoms with E-state index in [0.29, 0.717) is 5.69 Å². The second-order valence-corrected chi connectivity index (χ2v) is 4.21. The molecule has 5 heteroatoms. The molecule has 0 saturated carbocycles. The van der Waals surface area contributed by atoms with E-state index < -0.39 is 11.0 Å². The van der Waals surface area contributed by atoms with Gasteiger partial charge in [0.05, 0.1) is 16.7 Å². The second kappa shape index (κ2) is 5.03. The summed E-state index contributed by atoms with van der Waals surface area (Å²) in [6.07, 6.45) is 0.833. The molecule has 0 bridgehead atoms. The molecule has 5 nitrogen and oxygen atoms in total. The van der Waals surface area contributed by atoms with Crippen LogP contribution in [0.5, 0.6) is 0 Å². The van der Waals surface area contributed by atoms with E-state index in [1.807, 2.05) is 13.8 Å². The van der Waals surface area contributed by atoms with Crippen LogP contribution in [0.4, 0.5) is 5.69 Å². The van der Waals surface area contributed by atoms with Gasteiger partial charge in [0.25, 0.3) is 5.69 Å². The van der Waals surface area contributed by atoms with E-state index >= 15 is 0 Å². The van der Waals surface area contributed by atoms with Crippen molar-refractivity contribution >= 4 is 5.69 Å². The molecule has 1 aromatic rings. The van der Waals surface area contributed by atoms with Crippen molar-refractivity contribution in [1.29, 1.82) is 0 Å². The van der Waals surface area contributed by atoms with Crippen molar-refractivity contribution in [3.05, 3.63) is 34.1 Å². The SMILES string of the molecule is CC(C)C(c1cc([N+](=O)[O-])ccn1)C(C)O. The van der Waals surface area contributed by atoms with Crippen molar-refractivity contribution < 1.29 is 10.0 Å². The monoisotopic (exact) mass is 224 g/mol. The predicted octanol–water partition coefficient (Wildman–Crippen LogP) is 2.11. The molecule has 0 radical (unpaired) electrons. The first-order valence-electron chi connectivity index (χ1n) is 5.22. The van der Waals surface area contributed by atoms with E-state index in [2.05, 4.69) is 4.98 Å². The van der Waals surface area contributed by atoms with Crippen LogP contribution in [0.2, 0.25) is 0 Å². The number of nitrogens with zero attached hydrogens (tertiary/aromatic N) is 2. The molecular formula is C11H16N2O3. The van der Waals surface area contributed by atoms with Gasteiger partial charge in [0.1, 0.15) is 0 Å². The summed E-state index contributed by atoms with van der Waals surface area (Å²) in [4.78, 5) is 14.3. The Balaban J connectivity index is 3.10. The minimum absolute atomic E-state index is 0.0105. The minimum atomic E-state index is -0.575. The van der Waals surface area contributed by atoms with Gasteiger partial charge < -0.3 is 5.11 Å². The molecule has 0 aromatic carbocycles. The molecule has 1 rings (SSSR count).